The summed E-state index contributed by atoms with van der Waals surface area (Å²) in [6.45, 7) is 0. The predicted molar refractivity (Wildman–Crippen MR) is 39.4 cm³/mol. The second-order valence-electron chi connectivity index (χ2n) is 1.08. The number of hydrogen-bond donors (Lipinski definition) is 0. The molecule has 0 heterocycles. The first-order valence-electron chi connectivity index (χ1n) is 2.25. The third kappa shape index (κ3) is 6.95. The lowest BCUT2D eigenvalue weighted by Crippen LogP contribution is -1.55. The molecule has 0 rings (SSSR count). The topological polar surface area (TPSA) is 29.4 Å². The molecule has 0 spiro atoms. The number of aldehydes is 1. The average molecular weight is 139 g/mol. The van der Waals surface area contributed by atoms with E-state index in [-0.39, 0.29) is 0 Å². The normalized spacial score (nSPS) is 9.78. The van der Waals surface area contributed by atoms with Crippen LogP contribution in [0.2, 0.25) is 0 Å². The van der Waals surface area contributed by atoms with Crippen LogP contribution in [0.3, 0.4) is 0 Å². The number of carbonyl (C=O) groups is 1. The van der Waals surface area contributed by atoms with Gasteiger partial charge in [0, 0.05) is 6.20 Å². The molecule has 0 unspecified atom stereocenters. The van der Waals surface area contributed by atoms with Crippen molar-refractivity contribution in [3.8, 4) is 0 Å². The highest BCUT2D eigenvalue weighted by Crippen LogP contribution is 1.74. The van der Waals surface area contributed by atoms with Crippen LogP contribution in [-0.4, -0.2) is 11.4 Å². The van der Waals surface area contributed by atoms with Crippen molar-refractivity contribution >= 4 is 23.7 Å². The lowest BCUT2D eigenvalue weighted by molar-refractivity contribution is -0.104. The van der Waals surface area contributed by atoms with Crippen molar-refractivity contribution in [2.45, 2.75) is 0 Å². The molecule has 0 radical (unpaired) electrons. The molecule has 0 aliphatic heterocycles. The zero-order valence-corrected chi connectivity index (χ0v) is 5.47. The van der Waals surface area contributed by atoms with E-state index in [0.717, 1.165) is 0 Å². The summed E-state index contributed by atoms with van der Waals surface area (Å²) in [6.07, 6.45) is 6.64. The summed E-state index contributed by atoms with van der Waals surface area (Å²) in [5.41, 5.74) is 0. The molecule has 0 amide bonds. The molecule has 0 N–H and O–H groups in total. The molecule has 46 valence electrons. The Morgan fingerprint density at radius 2 is 2.11 bits per heavy atom. The third-order valence-corrected chi connectivity index (χ3v) is 0.620. The van der Waals surface area contributed by atoms with Crippen LogP contribution >= 0.6 is 12.2 Å². The third-order valence-electron chi connectivity index (χ3n) is 0.514. The first-order valence-corrected chi connectivity index (χ1v) is 2.66. The Balaban J connectivity index is 3.58. The predicted octanol–water partition coefficient (Wildman–Crippen LogP) is 1.36. The number of isothiocyanates is 1. The molecule has 0 aromatic carbocycles. The van der Waals surface area contributed by atoms with Gasteiger partial charge in [-0.05, 0) is 24.4 Å². The molecule has 0 aliphatic rings. The molecule has 9 heavy (non-hydrogen) atoms. The number of thiocarbonyl (C=S) groups is 1. The van der Waals surface area contributed by atoms with Gasteiger partial charge >= 0.3 is 0 Å². The summed E-state index contributed by atoms with van der Waals surface area (Å²) in [4.78, 5) is 13.1. The first-order chi connectivity index (χ1) is 4.41. The molecule has 3 heteroatoms. The number of hydrogen-bond acceptors (Lipinski definition) is 3. The quantitative estimate of drug-likeness (QED) is 0.194. The molecule has 0 atom stereocenters. The fraction of sp³-hybridized carbons (Fsp3) is 0. The van der Waals surface area contributed by atoms with Gasteiger partial charge in [0.1, 0.15) is 6.29 Å². The van der Waals surface area contributed by atoms with E-state index in [9.17, 15) is 4.79 Å². The number of nitrogens with zero attached hydrogens (tertiary/aromatic N) is 1. The van der Waals surface area contributed by atoms with Crippen LogP contribution in [0.25, 0.3) is 0 Å². The second kappa shape index (κ2) is 6.95. The largest absolute Gasteiger partial charge is 0.299 e. The molecule has 0 saturated heterocycles. The van der Waals surface area contributed by atoms with E-state index in [1.54, 1.807) is 12.2 Å². The van der Waals surface area contributed by atoms with Crippen molar-refractivity contribution in [3.05, 3.63) is 24.4 Å². The van der Waals surface area contributed by atoms with Crippen molar-refractivity contribution in [2.24, 2.45) is 4.99 Å². The van der Waals surface area contributed by atoms with Crippen molar-refractivity contribution in [2.75, 3.05) is 0 Å². The van der Waals surface area contributed by atoms with Crippen LogP contribution in [0.1, 0.15) is 0 Å². The van der Waals surface area contributed by atoms with Gasteiger partial charge in [-0.15, -0.1) is 0 Å². The number of aliphatic imine (C=N–C) groups is 1. The Morgan fingerprint density at radius 3 is 2.67 bits per heavy atom. The van der Waals surface area contributed by atoms with Crippen LogP contribution < -0.4 is 0 Å². The summed E-state index contributed by atoms with van der Waals surface area (Å²) in [5.74, 6) is 0. The van der Waals surface area contributed by atoms with Gasteiger partial charge in [-0.3, -0.25) is 4.79 Å². The maximum Gasteiger partial charge on any atom is 0.142 e. The molecule has 0 saturated carbocycles. The van der Waals surface area contributed by atoms with Crippen LogP contribution in [0, 0.1) is 0 Å². The van der Waals surface area contributed by atoms with E-state index in [1.165, 1.54) is 12.3 Å². The van der Waals surface area contributed by atoms with Crippen LogP contribution in [0.4, 0.5) is 0 Å². The molecular weight excluding hydrogens is 134 g/mol. The fourth-order valence-corrected chi connectivity index (χ4v) is 0.294. The highest BCUT2D eigenvalue weighted by atomic mass is 32.1. The first kappa shape index (κ1) is 7.95. The van der Waals surface area contributed by atoms with Gasteiger partial charge in [-0.1, -0.05) is 6.08 Å². The molecule has 0 fully saturated rings. The van der Waals surface area contributed by atoms with Crippen LogP contribution in [0.15, 0.2) is 29.4 Å². The number of allylic oxidation sites excluding steroid dienone is 3. The summed E-state index contributed by atoms with van der Waals surface area (Å²) < 4.78 is 0. The van der Waals surface area contributed by atoms with E-state index >= 15 is 0 Å². The van der Waals surface area contributed by atoms with E-state index in [0.29, 0.717) is 6.29 Å². The van der Waals surface area contributed by atoms with Crippen LogP contribution in [0.5, 0.6) is 0 Å². The Hall–Kier alpha value is -1.05. The molecule has 2 nitrogen and oxygen atoms in total. The maximum atomic E-state index is 9.65. The summed E-state index contributed by atoms with van der Waals surface area (Å²) in [5, 5.41) is 2.14. The number of rotatable bonds is 3. The smallest absolute Gasteiger partial charge is 0.142 e. The molecule has 0 aromatic heterocycles. The Bertz CT molecular complexity index is 177. The van der Waals surface area contributed by atoms with E-state index in [4.69, 9.17) is 0 Å². The van der Waals surface area contributed by atoms with Crippen LogP contribution in [-0.2, 0) is 4.79 Å². The van der Waals surface area contributed by atoms with Gasteiger partial charge < -0.3 is 0 Å². The Labute approximate surface area is 58.6 Å². The van der Waals surface area contributed by atoms with Gasteiger partial charge in [-0.25, -0.2) is 4.99 Å². The van der Waals surface area contributed by atoms with Crippen molar-refractivity contribution in [1.29, 1.82) is 0 Å². The van der Waals surface area contributed by atoms with E-state index in [2.05, 4.69) is 22.4 Å². The average Bonchev–Trinajstić information content (AvgIpc) is 1.89. The Morgan fingerprint density at radius 1 is 1.33 bits per heavy atom. The van der Waals surface area contributed by atoms with E-state index in [1.807, 2.05) is 0 Å². The van der Waals surface area contributed by atoms with Crippen molar-refractivity contribution < 1.29 is 4.79 Å². The Kier molecular flexibility index (Phi) is 6.14. The van der Waals surface area contributed by atoms with Gasteiger partial charge in [-0.2, -0.15) is 0 Å². The lowest BCUT2D eigenvalue weighted by Gasteiger charge is -1.65. The molecular formula is C6H5NOS. The molecule has 0 aliphatic carbocycles. The standard InChI is InChI=1S/C6H5NOS/c8-5-3-1-2-4-7-6-9/h1-5H/b3-1+,4-2-. The molecule has 0 bridgehead atoms. The minimum atomic E-state index is 0.686. The van der Waals surface area contributed by atoms with Gasteiger partial charge in [0.2, 0.25) is 0 Å². The zero-order valence-electron chi connectivity index (χ0n) is 4.65. The number of carbonyl (C=O) groups excluding carboxylic acids is 1. The second-order valence-corrected chi connectivity index (χ2v) is 1.27. The minimum Gasteiger partial charge on any atom is -0.299 e. The minimum absolute atomic E-state index is 0.686. The monoisotopic (exact) mass is 139 g/mol. The summed E-state index contributed by atoms with van der Waals surface area (Å²) in [7, 11) is 0. The molecule has 0 aromatic rings. The highest BCUT2D eigenvalue weighted by Gasteiger charge is 1.59. The van der Waals surface area contributed by atoms with E-state index < -0.39 is 0 Å². The van der Waals surface area contributed by atoms with Crippen molar-refractivity contribution in [1.82, 2.24) is 0 Å². The maximum absolute atomic E-state index is 9.65. The van der Waals surface area contributed by atoms with Gasteiger partial charge in [0.15, 0.2) is 0 Å². The zero-order chi connectivity index (χ0) is 6.95. The highest BCUT2D eigenvalue weighted by molar-refractivity contribution is 7.78. The lowest BCUT2D eigenvalue weighted by atomic mass is 10.5. The SMILES string of the molecule is O=C/C=C/C=C\N=C=S. The van der Waals surface area contributed by atoms with Gasteiger partial charge in [0.05, 0.1) is 5.16 Å². The van der Waals surface area contributed by atoms with Gasteiger partial charge in [0.25, 0.3) is 0 Å². The summed E-state index contributed by atoms with van der Waals surface area (Å²) >= 11 is 4.27. The fourth-order valence-electron chi connectivity index (χ4n) is 0.233. The summed E-state index contributed by atoms with van der Waals surface area (Å²) in [6, 6.07) is 0. The van der Waals surface area contributed by atoms with Crippen molar-refractivity contribution in [3.63, 3.8) is 0 Å².